The van der Waals surface area contributed by atoms with Crippen LogP contribution >= 0.6 is 0 Å². The monoisotopic (exact) mass is 266 g/mol. The Morgan fingerprint density at radius 1 is 1.15 bits per heavy atom. The van der Waals surface area contributed by atoms with Crippen molar-refractivity contribution in [3.05, 3.63) is 72.8 Å². The van der Waals surface area contributed by atoms with E-state index in [-0.39, 0.29) is 5.91 Å². The van der Waals surface area contributed by atoms with E-state index in [1.807, 2.05) is 59.4 Å². The molecule has 2 aromatic heterocycles. The minimum absolute atomic E-state index is 0.137. The maximum absolute atomic E-state index is 12.5. The molecule has 2 heterocycles. The summed E-state index contributed by atoms with van der Waals surface area (Å²) in [4.78, 5) is 19.4. The van der Waals surface area contributed by atoms with Crippen molar-refractivity contribution in [3.8, 4) is 0 Å². The topological polar surface area (TPSA) is 62.7 Å². The number of carbonyl (C=O) groups is 1. The van der Waals surface area contributed by atoms with E-state index in [0.29, 0.717) is 5.95 Å². The number of imidazole rings is 1. The molecule has 0 radical (unpaired) electrons. The van der Waals surface area contributed by atoms with Crippen LogP contribution in [0.15, 0.2) is 67.3 Å². The number of hydrogen-bond donors (Lipinski definition) is 2. The Bertz CT molecular complexity index is 659. The molecule has 3 rings (SSSR count). The average Bonchev–Trinajstić information content (AvgIpc) is 3.14. The van der Waals surface area contributed by atoms with Crippen molar-refractivity contribution in [2.75, 3.05) is 5.32 Å². The highest BCUT2D eigenvalue weighted by Gasteiger charge is 2.22. The molecule has 1 amide bonds. The number of nitrogens with one attached hydrogen (secondary N) is 2. The lowest BCUT2D eigenvalue weighted by atomic mass is 10.1. The Balaban J connectivity index is 1.92. The van der Waals surface area contributed by atoms with Gasteiger partial charge < -0.3 is 9.55 Å². The maximum Gasteiger partial charge on any atom is 0.254 e. The van der Waals surface area contributed by atoms with E-state index in [4.69, 9.17) is 0 Å². The third-order valence-electron chi connectivity index (χ3n) is 3.03. The second-order valence-electron chi connectivity index (χ2n) is 4.37. The van der Waals surface area contributed by atoms with Gasteiger partial charge in [-0.05, 0) is 17.7 Å². The number of anilines is 1. The van der Waals surface area contributed by atoms with Gasteiger partial charge in [-0.1, -0.05) is 30.3 Å². The van der Waals surface area contributed by atoms with Crippen LogP contribution in [0.1, 0.15) is 11.6 Å². The average molecular weight is 266 g/mol. The van der Waals surface area contributed by atoms with Crippen LogP contribution in [0.25, 0.3) is 0 Å². The van der Waals surface area contributed by atoms with E-state index < -0.39 is 6.04 Å². The number of aromatic nitrogens is 3. The lowest BCUT2D eigenvalue weighted by Crippen LogP contribution is -2.26. The molecule has 100 valence electrons. The van der Waals surface area contributed by atoms with Gasteiger partial charge >= 0.3 is 0 Å². The van der Waals surface area contributed by atoms with E-state index in [1.165, 1.54) is 0 Å². The van der Waals surface area contributed by atoms with Crippen molar-refractivity contribution >= 4 is 11.9 Å². The van der Waals surface area contributed by atoms with Gasteiger partial charge in [-0.15, -0.1) is 0 Å². The van der Waals surface area contributed by atoms with Gasteiger partial charge in [0.1, 0.15) is 6.04 Å². The van der Waals surface area contributed by atoms with E-state index in [2.05, 4.69) is 15.3 Å². The molecule has 3 aromatic rings. The Labute approximate surface area is 116 Å². The molecule has 0 aliphatic carbocycles. The Morgan fingerprint density at radius 3 is 2.55 bits per heavy atom. The van der Waals surface area contributed by atoms with Crippen LogP contribution in [0, 0.1) is 0 Å². The predicted molar refractivity (Wildman–Crippen MR) is 76.2 cm³/mol. The molecule has 5 nitrogen and oxygen atoms in total. The van der Waals surface area contributed by atoms with Crippen LogP contribution in [0.3, 0.4) is 0 Å². The molecule has 0 aliphatic rings. The summed E-state index contributed by atoms with van der Waals surface area (Å²) in [5.74, 6) is 0.311. The summed E-state index contributed by atoms with van der Waals surface area (Å²) in [5.41, 5.74) is 0.924. The van der Waals surface area contributed by atoms with Crippen molar-refractivity contribution in [2.24, 2.45) is 0 Å². The van der Waals surface area contributed by atoms with Gasteiger partial charge in [0.05, 0.1) is 0 Å². The number of rotatable bonds is 4. The van der Waals surface area contributed by atoms with Gasteiger partial charge in [0.15, 0.2) is 0 Å². The first-order valence-corrected chi connectivity index (χ1v) is 6.32. The molecule has 1 aromatic carbocycles. The quantitative estimate of drug-likeness (QED) is 0.762. The van der Waals surface area contributed by atoms with Gasteiger partial charge in [0.2, 0.25) is 5.95 Å². The summed E-state index contributed by atoms with van der Waals surface area (Å²) in [6.45, 7) is 0. The van der Waals surface area contributed by atoms with Gasteiger partial charge in [0, 0.05) is 24.8 Å². The number of nitrogens with zero attached hydrogens (tertiary/aromatic N) is 2. The predicted octanol–water partition coefficient (Wildman–Crippen LogP) is 2.44. The first kappa shape index (κ1) is 12.2. The van der Waals surface area contributed by atoms with Crippen LogP contribution in [-0.4, -0.2) is 20.4 Å². The summed E-state index contributed by atoms with van der Waals surface area (Å²) < 4.78 is 1.87. The summed E-state index contributed by atoms with van der Waals surface area (Å²) >= 11 is 0. The van der Waals surface area contributed by atoms with Gasteiger partial charge in [-0.3, -0.25) is 10.1 Å². The zero-order valence-electron chi connectivity index (χ0n) is 10.7. The standard InChI is InChI=1S/C15H14N4O/c20-14(18-15-16-8-9-17-15)13(19-10-4-5-11-19)12-6-2-1-3-7-12/h1-11,13H,(H2,16,17,18,20)/t13-/m0/s1. The number of carbonyl (C=O) groups excluding carboxylic acids is 1. The molecule has 0 bridgehead atoms. The molecule has 1 atom stereocenters. The Morgan fingerprint density at radius 2 is 1.90 bits per heavy atom. The zero-order valence-corrected chi connectivity index (χ0v) is 10.7. The van der Waals surface area contributed by atoms with Crippen molar-refractivity contribution in [1.29, 1.82) is 0 Å². The zero-order chi connectivity index (χ0) is 13.8. The summed E-state index contributed by atoms with van der Waals surface area (Å²) in [6, 6.07) is 13.0. The van der Waals surface area contributed by atoms with Gasteiger partial charge in [-0.25, -0.2) is 4.98 Å². The fraction of sp³-hybridized carbons (Fsp3) is 0.0667. The van der Waals surface area contributed by atoms with Crippen molar-refractivity contribution in [3.63, 3.8) is 0 Å². The lowest BCUT2D eigenvalue weighted by molar-refractivity contribution is -0.118. The van der Waals surface area contributed by atoms with Crippen molar-refractivity contribution in [2.45, 2.75) is 6.04 Å². The largest absolute Gasteiger partial charge is 0.338 e. The van der Waals surface area contributed by atoms with E-state index in [0.717, 1.165) is 5.56 Å². The minimum atomic E-state index is -0.420. The lowest BCUT2D eigenvalue weighted by Gasteiger charge is -2.18. The van der Waals surface area contributed by atoms with Crippen molar-refractivity contribution in [1.82, 2.24) is 14.5 Å². The number of hydrogen-bond acceptors (Lipinski definition) is 2. The smallest absolute Gasteiger partial charge is 0.254 e. The summed E-state index contributed by atoms with van der Waals surface area (Å²) in [5, 5.41) is 2.78. The van der Waals surface area contributed by atoms with Crippen LogP contribution in [0.2, 0.25) is 0 Å². The molecule has 0 spiro atoms. The molecular formula is C15H14N4O. The number of aromatic amines is 1. The molecule has 5 heteroatoms. The molecule has 0 saturated carbocycles. The second-order valence-corrected chi connectivity index (χ2v) is 4.37. The molecule has 0 unspecified atom stereocenters. The summed E-state index contributed by atoms with van der Waals surface area (Å²) in [7, 11) is 0. The Kier molecular flexibility index (Phi) is 3.33. The van der Waals surface area contributed by atoms with Crippen LogP contribution in [0.4, 0.5) is 5.95 Å². The number of H-pyrrole nitrogens is 1. The fourth-order valence-electron chi connectivity index (χ4n) is 2.13. The molecular weight excluding hydrogens is 252 g/mol. The highest BCUT2D eigenvalue weighted by Crippen LogP contribution is 2.20. The molecule has 20 heavy (non-hydrogen) atoms. The van der Waals surface area contributed by atoms with Crippen LogP contribution < -0.4 is 5.32 Å². The molecule has 0 aliphatic heterocycles. The second kappa shape index (κ2) is 5.44. The third kappa shape index (κ3) is 2.47. The summed E-state index contributed by atoms with van der Waals surface area (Å²) in [6.07, 6.45) is 7.02. The highest BCUT2D eigenvalue weighted by atomic mass is 16.2. The SMILES string of the molecule is O=C(Nc1ncc[nH]1)[C@H](c1ccccc1)n1cccc1. The van der Waals surface area contributed by atoms with Crippen LogP contribution in [0.5, 0.6) is 0 Å². The maximum atomic E-state index is 12.5. The minimum Gasteiger partial charge on any atom is -0.338 e. The Hall–Kier alpha value is -2.82. The fourth-order valence-corrected chi connectivity index (χ4v) is 2.13. The molecule has 0 fully saturated rings. The van der Waals surface area contributed by atoms with E-state index in [1.54, 1.807) is 12.4 Å². The normalized spacial score (nSPS) is 12.0. The number of benzene rings is 1. The van der Waals surface area contributed by atoms with Gasteiger partial charge in [-0.2, -0.15) is 0 Å². The van der Waals surface area contributed by atoms with Gasteiger partial charge in [0.25, 0.3) is 5.91 Å². The van der Waals surface area contributed by atoms with E-state index in [9.17, 15) is 4.79 Å². The first-order valence-electron chi connectivity index (χ1n) is 6.32. The number of amides is 1. The first-order chi connectivity index (χ1) is 9.84. The molecule has 2 N–H and O–H groups in total. The van der Waals surface area contributed by atoms with Crippen LogP contribution in [-0.2, 0) is 4.79 Å². The highest BCUT2D eigenvalue weighted by molar-refractivity contribution is 5.94. The molecule has 0 saturated heterocycles. The van der Waals surface area contributed by atoms with E-state index >= 15 is 0 Å². The third-order valence-corrected chi connectivity index (χ3v) is 3.03. The van der Waals surface area contributed by atoms with Crippen molar-refractivity contribution < 1.29 is 4.79 Å².